The molecule has 4 aromatic rings. The number of benzene rings is 3. The molecule has 0 radical (unpaired) electrons. The smallest absolute Gasteiger partial charge is 0.195 e. The van der Waals surface area contributed by atoms with Gasteiger partial charge in [-0.15, -0.1) is 28.3 Å². The number of hydrogen-bond donors (Lipinski definition) is 0. The van der Waals surface area contributed by atoms with Crippen molar-refractivity contribution in [3.05, 3.63) is 99.7 Å². The summed E-state index contributed by atoms with van der Waals surface area (Å²) in [5.41, 5.74) is 8.22. The summed E-state index contributed by atoms with van der Waals surface area (Å²) in [6, 6.07) is 25.6. The van der Waals surface area contributed by atoms with E-state index in [2.05, 4.69) is 104 Å². The summed E-state index contributed by atoms with van der Waals surface area (Å²) < 4.78 is 2.24. The van der Waals surface area contributed by atoms with Gasteiger partial charge in [-0.2, -0.15) is 0 Å². The molecule has 0 fully saturated rings. The SMILES string of the molecule is Br.Cc1ccc(N=c2scc(-c3ccc(C)cc3)n2-c2ccc(C)cc2)cc1. The van der Waals surface area contributed by atoms with Crippen molar-refractivity contribution < 1.29 is 0 Å². The molecule has 28 heavy (non-hydrogen) atoms. The summed E-state index contributed by atoms with van der Waals surface area (Å²) in [6.45, 7) is 6.32. The Labute approximate surface area is 180 Å². The van der Waals surface area contributed by atoms with Gasteiger partial charge in [0.2, 0.25) is 0 Å². The fourth-order valence-electron chi connectivity index (χ4n) is 2.99. The summed E-state index contributed by atoms with van der Waals surface area (Å²) >= 11 is 1.67. The second-order valence-electron chi connectivity index (χ2n) is 6.89. The normalized spacial score (nSPS) is 11.3. The van der Waals surface area contributed by atoms with Crippen molar-refractivity contribution >= 4 is 34.0 Å². The molecule has 0 amide bonds. The summed E-state index contributed by atoms with van der Waals surface area (Å²) in [5.74, 6) is 0. The van der Waals surface area contributed by atoms with Crippen LogP contribution in [0.25, 0.3) is 16.9 Å². The van der Waals surface area contributed by atoms with Crippen LogP contribution >= 0.6 is 28.3 Å². The van der Waals surface area contributed by atoms with E-state index in [1.165, 1.54) is 22.3 Å². The van der Waals surface area contributed by atoms with Gasteiger partial charge in [0, 0.05) is 11.1 Å². The quantitative estimate of drug-likeness (QED) is 0.321. The molecule has 0 saturated carbocycles. The van der Waals surface area contributed by atoms with Gasteiger partial charge >= 0.3 is 0 Å². The highest BCUT2D eigenvalue weighted by molar-refractivity contribution is 8.93. The van der Waals surface area contributed by atoms with Gasteiger partial charge in [-0.3, -0.25) is 4.57 Å². The minimum atomic E-state index is 0. The first kappa shape index (κ1) is 20.3. The summed E-state index contributed by atoms with van der Waals surface area (Å²) in [4.78, 5) is 5.90. The predicted octanol–water partition coefficient (Wildman–Crippen LogP) is 6.94. The first-order chi connectivity index (χ1) is 13.1. The Balaban J connectivity index is 0.00000225. The molecule has 0 spiro atoms. The molecule has 0 aliphatic rings. The number of hydrogen-bond acceptors (Lipinski definition) is 2. The molecule has 142 valence electrons. The van der Waals surface area contributed by atoms with Crippen molar-refractivity contribution in [3.8, 4) is 16.9 Å². The van der Waals surface area contributed by atoms with E-state index >= 15 is 0 Å². The summed E-state index contributed by atoms with van der Waals surface area (Å²) in [6.07, 6.45) is 0. The molecule has 4 rings (SSSR count). The van der Waals surface area contributed by atoms with E-state index in [-0.39, 0.29) is 17.0 Å². The Morgan fingerprint density at radius 2 is 1.18 bits per heavy atom. The molecular formula is C24H23BrN2S. The van der Waals surface area contributed by atoms with Crippen molar-refractivity contribution in [3.63, 3.8) is 0 Å². The molecule has 0 aliphatic heterocycles. The zero-order valence-corrected chi connectivity index (χ0v) is 18.7. The Bertz CT molecular complexity index is 1120. The maximum Gasteiger partial charge on any atom is 0.195 e. The van der Waals surface area contributed by atoms with Crippen molar-refractivity contribution in [2.75, 3.05) is 0 Å². The van der Waals surface area contributed by atoms with Gasteiger partial charge in [-0.1, -0.05) is 65.2 Å². The third kappa shape index (κ3) is 4.34. The lowest BCUT2D eigenvalue weighted by atomic mass is 10.1. The Kier molecular flexibility index (Phi) is 6.32. The van der Waals surface area contributed by atoms with Gasteiger partial charge in [-0.05, 0) is 50.6 Å². The van der Waals surface area contributed by atoms with E-state index in [1.54, 1.807) is 11.3 Å². The van der Waals surface area contributed by atoms with E-state index < -0.39 is 0 Å². The zero-order chi connectivity index (χ0) is 18.8. The molecule has 1 heterocycles. The molecule has 1 aromatic heterocycles. The van der Waals surface area contributed by atoms with Crippen molar-refractivity contribution in [1.29, 1.82) is 0 Å². The molecule has 0 bridgehead atoms. The van der Waals surface area contributed by atoms with Crippen LogP contribution in [0.1, 0.15) is 16.7 Å². The van der Waals surface area contributed by atoms with Gasteiger partial charge in [0.1, 0.15) is 0 Å². The van der Waals surface area contributed by atoms with Crippen molar-refractivity contribution in [2.24, 2.45) is 4.99 Å². The largest absolute Gasteiger partial charge is 0.285 e. The highest BCUT2D eigenvalue weighted by Crippen LogP contribution is 2.25. The molecule has 2 nitrogen and oxygen atoms in total. The van der Waals surface area contributed by atoms with E-state index in [1.807, 2.05) is 0 Å². The summed E-state index contributed by atoms with van der Waals surface area (Å²) in [7, 11) is 0. The zero-order valence-electron chi connectivity index (χ0n) is 16.2. The Morgan fingerprint density at radius 3 is 1.75 bits per heavy atom. The summed E-state index contributed by atoms with van der Waals surface area (Å²) in [5, 5.41) is 2.19. The first-order valence-electron chi connectivity index (χ1n) is 9.06. The van der Waals surface area contributed by atoms with Crippen LogP contribution in [0.3, 0.4) is 0 Å². The fraction of sp³-hybridized carbons (Fsp3) is 0.125. The lowest BCUT2D eigenvalue weighted by molar-refractivity contribution is 1.01. The van der Waals surface area contributed by atoms with Crippen LogP contribution in [-0.4, -0.2) is 4.57 Å². The lowest BCUT2D eigenvalue weighted by Crippen LogP contribution is -2.13. The third-order valence-corrected chi connectivity index (χ3v) is 5.43. The highest BCUT2D eigenvalue weighted by atomic mass is 79.9. The maximum absolute atomic E-state index is 4.93. The predicted molar refractivity (Wildman–Crippen MR) is 125 cm³/mol. The van der Waals surface area contributed by atoms with Gasteiger partial charge in [0.05, 0.1) is 11.4 Å². The number of aromatic nitrogens is 1. The second kappa shape index (κ2) is 8.72. The molecule has 0 saturated heterocycles. The van der Waals surface area contributed by atoms with Gasteiger partial charge in [-0.25, -0.2) is 4.99 Å². The number of aryl methyl sites for hydroxylation is 3. The first-order valence-corrected chi connectivity index (χ1v) is 9.94. The minimum Gasteiger partial charge on any atom is -0.285 e. The van der Waals surface area contributed by atoms with E-state index in [4.69, 9.17) is 4.99 Å². The minimum absolute atomic E-state index is 0. The molecule has 0 N–H and O–H groups in total. The van der Waals surface area contributed by atoms with Crippen molar-refractivity contribution in [1.82, 2.24) is 4.57 Å². The van der Waals surface area contributed by atoms with Crippen LogP contribution in [0.2, 0.25) is 0 Å². The van der Waals surface area contributed by atoms with Crippen molar-refractivity contribution in [2.45, 2.75) is 20.8 Å². The van der Waals surface area contributed by atoms with Gasteiger partial charge in [0.25, 0.3) is 0 Å². The van der Waals surface area contributed by atoms with Crippen LogP contribution in [0.5, 0.6) is 0 Å². The second-order valence-corrected chi connectivity index (χ2v) is 7.72. The van der Waals surface area contributed by atoms with E-state index in [0.717, 1.165) is 21.9 Å². The van der Waals surface area contributed by atoms with Crippen LogP contribution in [0.15, 0.2) is 83.2 Å². The molecule has 4 heteroatoms. The van der Waals surface area contributed by atoms with E-state index in [9.17, 15) is 0 Å². The topological polar surface area (TPSA) is 17.3 Å². The number of halogens is 1. The van der Waals surface area contributed by atoms with Crippen LogP contribution in [0.4, 0.5) is 5.69 Å². The van der Waals surface area contributed by atoms with Crippen LogP contribution in [0, 0.1) is 20.8 Å². The maximum atomic E-state index is 4.93. The Hall–Kier alpha value is -2.43. The Morgan fingerprint density at radius 1 is 0.679 bits per heavy atom. The standard InChI is InChI=1S/C24H22N2S.BrH/c1-17-4-10-20(11-5-17)23-16-27-24(25-21-12-6-18(2)7-13-21)26(23)22-14-8-19(3)9-15-22;/h4-16H,1-3H3;1H. The van der Waals surface area contributed by atoms with E-state index in [0.29, 0.717) is 0 Å². The molecule has 3 aromatic carbocycles. The fourth-order valence-corrected chi connectivity index (χ4v) is 3.91. The van der Waals surface area contributed by atoms with Crippen LogP contribution < -0.4 is 4.80 Å². The molecule has 0 aliphatic carbocycles. The highest BCUT2D eigenvalue weighted by Gasteiger charge is 2.10. The molecular weight excluding hydrogens is 428 g/mol. The number of nitrogens with zero attached hydrogens (tertiary/aromatic N) is 2. The lowest BCUT2D eigenvalue weighted by Gasteiger charge is -2.10. The average Bonchev–Trinajstić information content (AvgIpc) is 3.08. The number of rotatable bonds is 3. The van der Waals surface area contributed by atoms with Gasteiger partial charge in [0.15, 0.2) is 4.80 Å². The van der Waals surface area contributed by atoms with Gasteiger partial charge < -0.3 is 0 Å². The average molecular weight is 451 g/mol. The number of thiazole rings is 1. The van der Waals surface area contributed by atoms with Crippen LogP contribution in [-0.2, 0) is 0 Å². The third-order valence-electron chi connectivity index (χ3n) is 4.61. The molecule has 0 atom stereocenters. The monoisotopic (exact) mass is 450 g/mol. The molecule has 0 unspecified atom stereocenters.